The Labute approximate surface area is 418 Å². The molecule has 0 aliphatic rings. The van der Waals surface area contributed by atoms with Crippen LogP contribution in [0.15, 0.2) is 221 Å². The Balaban J connectivity index is 0.000000162. The molecular weight excluding hydrogens is 1020 g/mol. The van der Waals surface area contributed by atoms with Crippen molar-refractivity contribution >= 4 is 89.1 Å². The molecule has 2 heterocycles. The van der Waals surface area contributed by atoms with Gasteiger partial charge in [0.15, 0.2) is 25.4 Å². The van der Waals surface area contributed by atoms with Crippen LogP contribution in [-0.4, -0.2) is 17.1 Å². The summed E-state index contributed by atoms with van der Waals surface area (Å²) < 4.78 is 72.1. The van der Waals surface area contributed by atoms with Crippen LogP contribution in [0.1, 0.15) is 17.3 Å². The van der Waals surface area contributed by atoms with Gasteiger partial charge in [-0.15, -0.1) is 11.3 Å². The average molecular weight is 1060 g/mol. The van der Waals surface area contributed by atoms with Crippen LogP contribution >= 0.6 is 25.6 Å². The van der Waals surface area contributed by atoms with Gasteiger partial charge in [0.2, 0.25) is 0 Å². The third-order valence-electron chi connectivity index (χ3n) is 10.3. The number of carbonyl (C=O) groups excluding carboxylic acids is 1. The molecule has 9 aromatic rings. The van der Waals surface area contributed by atoms with Crippen molar-refractivity contribution in [3.05, 3.63) is 228 Å². The molecule has 9 rings (SSSR count). The van der Waals surface area contributed by atoms with E-state index in [2.05, 4.69) is 6.58 Å². The third kappa shape index (κ3) is 10.1. The van der Waals surface area contributed by atoms with E-state index in [9.17, 15) is 37.0 Å². The molecule has 65 heavy (non-hydrogen) atoms. The molecule has 1 N–H and O–H groups in total. The van der Waals surface area contributed by atoms with Crippen LogP contribution in [0.4, 0.5) is 13.2 Å². The van der Waals surface area contributed by atoms with Crippen LogP contribution in [0.3, 0.4) is 0 Å². The van der Waals surface area contributed by atoms with Crippen LogP contribution in [0.25, 0.3) is 31.1 Å². The van der Waals surface area contributed by atoms with Crippen molar-refractivity contribution in [2.45, 2.75) is 13.1 Å². The van der Waals surface area contributed by atoms with Crippen molar-refractivity contribution in [2.24, 2.45) is 0 Å². The van der Waals surface area contributed by atoms with Gasteiger partial charge in [-0.2, -0.15) is 13.2 Å². The molecular formula is C52H39EuF3O6P2S. The molecule has 0 saturated carbocycles. The topological polar surface area (TPSA) is 102 Å². The number of ketones is 1. The minimum absolute atomic E-state index is 0. The van der Waals surface area contributed by atoms with Gasteiger partial charge in [-0.25, -0.2) is 4.79 Å². The van der Waals surface area contributed by atoms with Crippen molar-refractivity contribution < 1.29 is 86.0 Å². The number of Topliss-reactive ketones (excluding diaryl/α,β-unsaturated/α-hetero) is 1. The molecule has 6 nitrogen and oxygen atoms in total. The molecule has 0 saturated heterocycles. The van der Waals surface area contributed by atoms with Gasteiger partial charge < -0.3 is 18.7 Å². The molecule has 13 heteroatoms. The minimum atomic E-state index is -5.29. The van der Waals surface area contributed by atoms with Crippen LogP contribution in [-0.2, 0) is 9.13 Å². The normalized spacial score (nSPS) is 11.7. The number of benzene rings is 7. The quantitative estimate of drug-likeness (QED) is 0.0704. The first-order valence-electron chi connectivity index (χ1n) is 19.8. The van der Waals surface area contributed by atoms with E-state index in [0.29, 0.717) is 5.39 Å². The van der Waals surface area contributed by atoms with Gasteiger partial charge >= 0.3 is 11.8 Å². The summed E-state index contributed by atoms with van der Waals surface area (Å²) in [6.45, 7) is 5.71. The second kappa shape index (κ2) is 21.4. The minimum Gasteiger partial charge on any atom is -0.506 e. The molecule has 0 aliphatic carbocycles. The molecule has 0 aliphatic heterocycles. The fourth-order valence-corrected chi connectivity index (χ4v) is 13.8. The molecule has 0 spiro atoms. The van der Waals surface area contributed by atoms with Crippen molar-refractivity contribution in [3.63, 3.8) is 0 Å². The Morgan fingerprint density at radius 3 is 1.45 bits per heavy atom. The molecule has 1 radical (unpaired) electrons. The van der Waals surface area contributed by atoms with Crippen LogP contribution < -0.4 is 32.1 Å². The Bertz CT molecular complexity index is 3140. The van der Waals surface area contributed by atoms with Crippen LogP contribution in [0.5, 0.6) is 5.75 Å². The van der Waals surface area contributed by atoms with E-state index in [1.807, 2.05) is 177 Å². The summed E-state index contributed by atoms with van der Waals surface area (Å²) in [5.41, 5.74) is -2.97. The molecule has 0 bridgehead atoms. The monoisotopic (exact) mass is 1060 g/mol. The second-order valence-corrected chi connectivity index (χ2v) is 20.8. The number of fused-ring (bicyclic) bond motifs is 5. The summed E-state index contributed by atoms with van der Waals surface area (Å²) in [4.78, 5) is 23.4. The first kappa shape index (κ1) is 49.2. The zero-order valence-electron chi connectivity index (χ0n) is 34.6. The summed E-state index contributed by atoms with van der Waals surface area (Å²) in [5, 5.41) is 16.4. The fourth-order valence-electron chi connectivity index (χ4n) is 7.31. The van der Waals surface area contributed by atoms with Crippen molar-refractivity contribution in [1.29, 1.82) is 0 Å². The Kier molecular flexibility index (Phi) is 16.2. The average Bonchev–Trinajstić information content (AvgIpc) is 3.72. The Morgan fingerprint density at radius 1 is 0.615 bits per heavy atom. The van der Waals surface area contributed by atoms with E-state index in [0.717, 1.165) is 46.6 Å². The molecule has 327 valence electrons. The van der Waals surface area contributed by atoms with Gasteiger partial charge in [-0.3, -0.25) is 4.79 Å². The number of aromatic hydroxyl groups is 1. The van der Waals surface area contributed by atoms with Gasteiger partial charge in [0.25, 0.3) is 5.78 Å². The second-order valence-electron chi connectivity index (χ2n) is 14.2. The predicted octanol–water partition coefficient (Wildman–Crippen LogP) is 12.0. The van der Waals surface area contributed by atoms with E-state index >= 15 is 0 Å². The summed E-state index contributed by atoms with van der Waals surface area (Å²) in [5.74, 6) is -3.46. The van der Waals surface area contributed by atoms with Gasteiger partial charge in [0, 0.05) is 101 Å². The number of carbonyl (C=O) groups is 1. The summed E-state index contributed by atoms with van der Waals surface area (Å²) in [6, 6.07) is 58.5. The SMILES string of the molecule is C=C/C(=C\C)P(=O)(c1ccccc1)c1ccccc1.O=C(c1c(O)c2ccc3sc4ccccc4c3c2oc1=O)C(F)(F)F.O=P(c1ccccc1)(c1ccccc1)c1ccccc1.[Eu]. The number of alkyl halides is 3. The standard InChI is InChI=1S/C18H15OP.C17H7F3O4S.C17H17OP.Eu/c19-20(16-10-4-1-5-11-16,17-12-6-2-7-13-17)18-14-8-3-9-15-18;18-17(19,20)15(22)12-13(21)8-5-6-10-11(14(8)24-16(12)23)7-3-1-2-4-9(7)25-10;1-3-15(4-2)19(18,16-11-7-5-8-12-16)17-13-9-6-10-14-17;/h1-15H;1-6,21H;3-14H,1H2,2H3;/b;;15-4+;. The maximum absolute atomic E-state index is 13.8. The summed E-state index contributed by atoms with van der Waals surface area (Å²) >= 11 is 1.41. The van der Waals surface area contributed by atoms with Gasteiger partial charge in [0.1, 0.15) is 5.75 Å². The molecule has 0 atom stereocenters. The summed E-state index contributed by atoms with van der Waals surface area (Å²) in [7, 11) is -5.57. The predicted molar refractivity (Wildman–Crippen MR) is 257 cm³/mol. The largest absolute Gasteiger partial charge is 0.506 e. The number of hydrogen-bond acceptors (Lipinski definition) is 7. The maximum atomic E-state index is 13.8. The smallest absolute Gasteiger partial charge is 0.455 e. The first-order chi connectivity index (χ1) is 30.8. The maximum Gasteiger partial charge on any atom is 0.455 e. The van der Waals surface area contributed by atoms with E-state index in [1.54, 1.807) is 24.3 Å². The van der Waals surface area contributed by atoms with E-state index in [4.69, 9.17) is 4.42 Å². The number of hydrogen-bond donors (Lipinski definition) is 1. The van der Waals surface area contributed by atoms with Gasteiger partial charge in [0.05, 0.1) is 5.39 Å². The Hall–Kier alpha value is -5.25. The number of halogens is 3. The molecule has 0 unspecified atom stereocenters. The Morgan fingerprint density at radius 2 is 1.03 bits per heavy atom. The van der Waals surface area contributed by atoms with Crippen LogP contribution in [0, 0.1) is 49.4 Å². The fraction of sp³-hybridized carbons (Fsp3) is 0.0385. The molecule has 0 fully saturated rings. The number of thiophene rings is 1. The van der Waals surface area contributed by atoms with Crippen molar-refractivity contribution in [3.8, 4) is 5.75 Å². The molecule has 0 amide bonds. The third-order valence-corrected chi connectivity index (χ3v) is 17.8. The molecule has 7 aromatic carbocycles. The van der Waals surface area contributed by atoms with Crippen molar-refractivity contribution in [2.75, 3.05) is 0 Å². The zero-order chi connectivity index (χ0) is 45.5. The van der Waals surface area contributed by atoms with Crippen LogP contribution in [0.2, 0.25) is 0 Å². The summed E-state index contributed by atoms with van der Waals surface area (Å²) in [6.07, 6.45) is -1.71. The van der Waals surface area contributed by atoms with Gasteiger partial charge in [-0.05, 0) is 25.1 Å². The zero-order valence-corrected chi connectivity index (χ0v) is 39.6. The van der Waals surface area contributed by atoms with Gasteiger partial charge in [-0.1, -0.05) is 189 Å². The number of rotatable bonds is 8. The first-order valence-corrected chi connectivity index (χ1v) is 24.1. The van der Waals surface area contributed by atoms with E-state index in [-0.39, 0.29) is 60.3 Å². The van der Waals surface area contributed by atoms with E-state index < -0.39 is 43.2 Å². The van der Waals surface area contributed by atoms with E-state index in [1.165, 1.54) is 17.4 Å². The van der Waals surface area contributed by atoms with Crippen molar-refractivity contribution in [1.82, 2.24) is 0 Å². The molecule has 2 aromatic heterocycles. The number of allylic oxidation sites excluding steroid dienone is 3.